The van der Waals surface area contributed by atoms with Gasteiger partial charge in [0.1, 0.15) is 24.8 Å². The van der Waals surface area contributed by atoms with Crippen LogP contribution >= 0.6 is 0 Å². The monoisotopic (exact) mass is 519 g/mol. The molecule has 1 fully saturated rings. The first kappa shape index (κ1) is 24.0. The maximum Gasteiger partial charge on any atom is 0.325 e. The number of carbonyl (C=O) groups is 2. The predicted octanol–water partition coefficient (Wildman–Crippen LogP) is 5.50. The summed E-state index contributed by atoms with van der Waals surface area (Å²) in [6, 6.07) is 25.1. The molecule has 0 spiro atoms. The summed E-state index contributed by atoms with van der Waals surface area (Å²) in [6.45, 7) is 0.497. The Labute approximate surface area is 224 Å². The summed E-state index contributed by atoms with van der Waals surface area (Å²) in [5.41, 5.74) is 4.34. The summed E-state index contributed by atoms with van der Waals surface area (Å²) in [4.78, 5) is 30.4. The number of urea groups is 1. The number of hydrogen-bond acceptors (Lipinski definition) is 7. The number of amides is 2. The molecule has 0 atom stereocenters. The van der Waals surface area contributed by atoms with E-state index in [1.165, 1.54) is 4.90 Å². The number of rotatable bonds is 6. The van der Waals surface area contributed by atoms with Crippen LogP contribution in [-0.4, -0.2) is 51.8 Å². The molecule has 0 radical (unpaired) electrons. The van der Waals surface area contributed by atoms with Gasteiger partial charge in [-0.3, -0.25) is 9.89 Å². The lowest BCUT2D eigenvalue weighted by molar-refractivity contribution is -0.148. The molecule has 1 aliphatic rings. The Kier molecular flexibility index (Phi) is 6.48. The molecule has 10 nitrogen and oxygen atoms in total. The second kappa shape index (κ2) is 10.5. The van der Waals surface area contributed by atoms with Crippen LogP contribution in [0.3, 0.4) is 0 Å². The van der Waals surface area contributed by atoms with Crippen LogP contribution in [0.2, 0.25) is 0 Å². The van der Waals surface area contributed by atoms with Crippen molar-refractivity contribution in [3.63, 3.8) is 0 Å². The number of benzene rings is 3. The quantitative estimate of drug-likeness (QED) is 0.218. The lowest BCUT2D eigenvalue weighted by atomic mass is 10.1. The number of hydrogen-bond donors (Lipinski definition) is 4. The molecule has 6 rings (SSSR count). The third-order valence-corrected chi connectivity index (χ3v) is 6.34. The van der Waals surface area contributed by atoms with Crippen molar-refractivity contribution in [3.05, 3.63) is 91.3 Å². The van der Waals surface area contributed by atoms with Gasteiger partial charge in [-0.05, 0) is 47.3 Å². The molecular formula is C29H25N7O3. The van der Waals surface area contributed by atoms with E-state index in [1.807, 2.05) is 79.0 Å². The number of H-pyrrole nitrogens is 1. The van der Waals surface area contributed by atoms with E-state index in [2.05, 4.69) is 26.1 Å². The van der Waals surface area contributed by atoms with E-state index in [9.17, 15) is 9.59 Å². The fourth-order valence-electron chi connectivity index (χ4n) is 4.40. The Balaban J connectivity index is 1.22. The predicted molar refractivity (Wildman–Crippen MR) is 150 cm³/mol. The van der Waals surface area contributed by atoms with Gasteiger partial charge in [0.05, 0.1) is 12.7 Å². The number of cyclic esters (lactones) is 1. The third kappa shape index (κ3) is 5.49. The summed E-state index contributed by atoms with van der Waals surface area (Å²) >= 11 is 0. The molecule has 4 N–H and O–H groups in total. The van der Waals surface area contributed by atoms with Crippen molar-refractivity contribution >= 4 is 51.5 Å². The number of morpholine rings is 1. The number of ether oxygens (including phenoxy) is 1. The van der Waals surface area contributed by atoms with Crippen molar-refractivity contribution in [2.45, 2.75) is 0 Å². The van der Waals surface area contributed by atoms with E-state index in [0.717, 1.165) is 33.3 Å². The normalized spacial score (nSPS) is 13.1. The number of anilines is 5. The average molecular weight is 520 g/mol. The van der Waals surface area contributed by atoms with E-state index < -0.39 is 5.97 Å². The third-order valence-electron chi connectivity index (χ3n) is 6.34. The highest BCUT2D eigenvalue weighted by Crippen LogP contribution is 2.30. The number of aromatic nitrogens is 3. The molecule has 0 aliphatic carbocycles. The van der Waals surface area contributed by atoms with Crippen molar-refractivity contribution < 1.29 is 14.3 Å². The number of fused-ring (bicyclic) bond motifs is 1. The Morgan fingerprint density at radius 3 is 2.56 bits per heavy atom. The molecule has 1 aliphatic heterocycles. The van der Waals surface area contributed by atoms with E-state index in [1.54, 1.807) is 12.3 Å². The number of aromatic amines is 1. The standard InChI is InChI=1S/C29H25N7O3/c37-27-18-36(12-13-39-27)29(38)34-24-6-3-5-23(15-24)32-26-14-20-4-1-2-7-25(20)28(35-26)33-22-10-8-19(9-11-22)21-16-30-31-17-21/h1-11,14-17H,12-13,18H2,(H,30,31)(H,34,38)(H2,32,33,35). The first-order valence-corrected chi connectivity index (χ1v) is 12.5. The molecule has 10 heteroatoms. The second-order valence-electron chi connectivity index (χ2n) is 9.04. The van der Waals surface area contributed by atoms with Gasteiger partial charge in [-0.25, -0.2) is 9.78 Å². The van der Waals surface area contributed by atoms with E-state index >= 15 is 0 Å². The topological polar surface area (TPSA) is 124 Å². The Morgan fingerprint density at radius 2 is 1.74 bits per heavy atom. The van der Waals surface area contributed by atoms with Crippen LogP contribution in [0.15, 0.2) is 91.3 Å². The van der Waals surface area contributed by atoms with Gasteiger partial charge in [-0.2, -0.15) is 5.10 Å². The van der Waals surface area contributed by atoms with Crippen LogP contribution in [0.5, 0.6) is 0 Å². The van der Waals surface area contributed by atoms with Gasteiger partial charge in [0, 0.05) is 34.2 Å². The van der Waals surface area contributed by atoms with Gasteiger partial charge in [-0.15, -0.1) is 0 Å². The molecule has 1 saturated heterocycles. The fraction of sp³-hybridized carbons (Fsp3) is 0.103. The molecule has 39 heavy (non-hydrogen) atoms. The fourth-order valence-corrected chi connectivity index (χ4v) is 4.40. The van der Waals surface area contributed by atoms with Gasteiger partial charge in [0.25, 0.3) is 0 Å². The first-order valence-electron chi connectivity index (χ1n) is 12.5. The first-order chi connectivity index (χ1) is 19.1. The van der Waals surface area contributed by atoms with Gasteiger partial charge in [0.2, 0.25) is 0 Å². The number of carbonyl (C=O) groups excluding carboxylic acids is 2. The molecule has 0 saturated carbocycles. The minimum absolute atomic E-state index is 0.0629. The molecule has 3 heterocycles. The van der Waals surface area contributed by atoms with Gasteiger partial charge < -0.3 is 25.6 Å². The summed E-state index contributed by atoms with van der Waals surface area (Å²) in [5, 5.41) is 18.5. The van der Waals surface area contributed by atoms with E-state index in [4.69, 9.17) is 9.72 Å². The van der Waals surface area contributed by atoms with Gasteiger partial charge in [-0.1, -0.05) is 42.5 Å². The number of nitrogens with one attached hydrogen (secondary N) is 4. The molecule has 2 amide bonds. The molecule has 2 aromatic heterocycles. The smallest absolute Gasteiger partial charge is 0.325 e. The minimum Gasteiger partial charge on any atom is -0.462 e. The summed E-state index contributed by atoms with van der Waals surface area (Å²) in [5.74, 6) is 0.953. The SMILES string of the molecule is O=C1CN(C(=O)Nc2cccc(Nc3cc4ccccc4c(Nc4ccc(-c5cn[nH]c5)cc4)n3)c2)CCO1. The van der Waals surface area contributed by atoms with Crippen LogP contribution in [0.4, 0.5) is 33.5 Å². The number of pyridine rings is 1. The number of nitrogens with zero attached hydrogens (tertiary/aromatic N) is 3. The molecular weight excluding hydrogens is 494 g/mol. The Hall–Kier alpha value is -5.38. The zero-order valence-electron chi connectivity index (χ0n) is 20.8. The van der Waals surface area contributed by atoms with Crippen LogP contribution < -0.4 is 16.0 Å². The van der Waals surface area contributed by atoms with Crippen LogP contribution in [0.1, 0.15) is 0 Å². The maximum atomic E-state index is 12.6. The highest BCUT2D eigenvalue weighted by atomic mass is 16.5. The number of esters is 1. The van der Waals surface area contributed by atoms with Crippen LogP contribution in [0, 0.1) is 0 Å². The second-order valence-corrected chi connectivity index (χ2v) is 9.04. The van der Waals surface area contributed by atoms with Gasteiger partial charge >= 0.3 is 12.0 Å². The van der Waals surface area contributed by atoms with Crippen molar-refractivity contribution in [2.75, 3.05) is 35.6 Å². The van der Waals surface area contributed by atoms with Gasteiger partial charge in [0.15, 0.2) is 0 Å². The molecule has 5 aromatic rings. The van der Waals surface area contributed by atoms with Crippen molar-refractivity contribution in [3.8, 4) is 11.1 Å². The highest BCUT2D eigenvalue weighted by Gasteiger charge is 2.22. The van der Waals surface area contributed by atoms with Crippen molar-refractivity contribution in [1.29, 1.82) is 0 Å². The molecule has 0 bridgehead atoms. The van der Waals surface area contributed by atoms with Crippen molar-refractivity contribution in [2.24, 2.45) is 0 Å². The summed E-state index contributed by atoms with van der Waals surface area (Å²) < 4.78 is 4.91. The molecule has 3 aromatic carbocycles. The Bertz CT molecular complexity index is 1640. The zero-order chi connectivity index (χ0) is 26.6. The zero-order valence-corrected chi connectivity index (χ0v) is 20.8. The summed E-state index contributed by atoms with van der Waals surface area (Å²) in [6.07, 6.45) is 3.65. The lowest BCUT2D eigenvalue weighted by Crippen LogP contribution is -2.45. The van der Waals surface area contributed by atoms with E-state index in [0.29, 0.717) is 23.9 Å². The highest BCUT2D eigenvalue weighted by molar-refractivity contribution is 5.96. The molecule has 194 valence electrons. The van der Waals surface area contributed by atoms with Crippen LogP contribution in [-0.2, 0) is 9.53 Å². The largest absolute Gasteiger partial charge is 0.462 e. The van der Waals surface area contributed by atoms with Crippen LogP contribution in [0.25, 0.3) is 21.9 Å². The Morgan fingerprint density at radius 1 is 0.897 bits per heavy atom. The lowest BCUT2D eigenvalue weighted by Gasteiger charge is -2.26. The molecule has 0 unspecified atom stereocenters. The summed E-state index contributed by atoms with van der Waals surface area (Å²) in [7, 11) is 0. The maximum absolute atomic E-state index is 12.6. The minimum atomic E-state index is -0.410. The van der Waals surface area contributed by atoms with E-state index in [-0.39, 0.29) is 19.2 Å². The average Bonchev–Trinajstić information content (AvgIpc) is 3.49. The van der Waals surface area contributed by atoms with Crippen molar-refractivity contribution in [1.82, 2.24) is 20.1 Å².